The van der Waals surface area contributed by atoms with Gasteiger partial charge in [-0.05, 0) is 30.2 Å². The van der Waals surface area contributed by atoms with Gasteiger partial charge in [0.1, 0.15) is 0 Å². The van der Waals surface area contributed by atoms with Gasteiger partial charge in [0.05, 0.1) is 17.0 Å². The highest BCUT2D eigenvalue weighted by atomic mass is 35.5. The normalized spacial score (nSPS) is 14.6. The first-order valence-corrected chi connectivity index (χ1v) is 8.43. The van der Waals surface area contributed by atoms with Crippen LogP contribution in [0.2, 0.25) is 0 Å². The zero-order valence-corrected chi connectivity index (χ0v) is 14.2. The summed E-state index contributed by atoms with van der Waals surface area (Å²) in [5.74, 6) is -0.869. The predicted molar refractivity (Wildman–Crippen MR) is 95.0 cm³/mol. The number of ketones is 1. The van der Waals surface area contributed by atoms with Crippen LogP contribution in [-0.2, 0) is 6.42 Å². The van der Waals surface area contributed by atoms with Gasteiger partial charge in [0.15, 0.2) is 5.78 Å². The van der Waals surface area contributed by atoms with Crippen LogP contribution in [0.25, 0.3) is 0 Å². The number of amides is 2. The Labute approximate surface area is 150 Å². The van der Waals surface area contributed by atoms with Crippen molar-refractivity contribution in [1.82, 2.24) is 4.90 Å². The average Bonchev–Trinajstić information content (AvgIpc) is 2.86. The second-order valence-electron chi connectivity index (χ2n) is 5.99. The number of nitrogens with zero attached hydrogens (tertiary/aromatic N) is 1. The van der Waals surface area contributed by atoms with Gasteiger partial charge in [0.25, 0.3) is 11.8 Å². The molecule has 6 heteroatoms. The number of Topliss-reactive ketones (excluding diaryl/α,β-unsaturated/α-hetero) is 1. The molecule has 2 N–H and O–H groups in total. The molecular weight excluding hydrogens is 340 g/mol. The fourth-order valence-corrected chi connectivity index (χ4v) is 3.11. The van der Waals surface area contributed by atoms with Crippen molar-refractivity contribution in [2.45, 2.75) is 12.5 Å². The van der Waals surface area contributed by atoms with Gasteiger partial charge in [-0.25, -0.2) is 0 Å². The van der Waals surface area contributed by atoms with E-state index >= 15 is 0 Å². The first kappa shape index (κ1) is 17.3. The lowest BCUT2D eigenvalue weighted by Gasteiger charge is -2.19. The molecule has 5 nitrogen and oxygen atoms in total. The molecule has 0 radical (unpaired) electrons. The van der Waals surface area contributed by atoms with Crippen molar-refractivity contribution in [3.05, 3.63) is 70.8 Å². The summed E-state index contributed by atoms with van der Waals surface area (Å²) in [5, 5.41) is 0. The van der Waals surface area contributed by atoms with Crippen molar-refractivity contribution in [3.63, 3.8) is 0 Å². The first-order valence-electron chi connectivity index (χ1n) is 7.90. The van der Waals surface area contributed by atoms with Crippen molar-refractivity contribution in [3.8, 4) is 0 Å². The summed E-state index contributed by atoms with van der Waals surface area (Å²) in [6.07, 6.45) is 0.441. The molecule has 1 heterocycles. The number of nitrogens with two attached hydrogens (primary N) is 1. The highest BCUT2D eigenvalue weighted by molar-refractivity contribution is 6.30. The number of benzene rings is 2. The zero-order chi connectivity index (χ0) is 18.0. The highest BCUT2D eigenvalue weighted by Gasteiger charge is 2.35. The highest BCUT2D eigenvalue weighted by Crippen LogP contribution is 2.22. The molecule has 2 aromatic rings. The van der Waals surface area contributed by atoms with E-state index < -0.39 is 6.04 Å². The van der Waals surface area contributed by atoms with E-state index in [1.807, 2.05) is 6.07 Å². The largest absolute Gasteiger partial charge is 0.326 e. The Kier molecular flexibility index (Phi) is 4.97. The molecule has 3 rings (SSSR count). The van der Waals surface area contributed by atoms with Crippen molar-refractivity contribution < 1.29 is 14.4 Å². The van der Waals surface area contributed by atoms with Gasteiger partial charge < -0.3 is 5.73 Å². The van der Waals surface area contributed by atoms with Gasteiger partial charge >= 0.3 is 0 Å². The smallest absolute Gasteiger partial charge is 0.261 e. The Morgan fingerprint density at radius 1 is 1.04 bits per heavy atom. The summed E-state index contributed by atoms with van der Waals surface area (Å²) in [6.45, 7) is 0.125. The molecule has 1 atom stereocenters. The van der Waals surface area contributed by atoms with Gasteiger partial charge in [0, 0.05) is 18.2 Å². The average molecular weight is 357 g/mol. The van der Waals surface area contributed by atoms with E-state index in [2.05, 4.69) is 0 Å². The van der Waals surface area contributed by atoms with E-state index in [0.717, 1.165) is 5.56 Å². The Balaban J connectivity index is 1.70. The number of carbonyl (C=O) groups excluding carboxylic acids is 3. The maximum atomic E-state index is 12.4. The molecule has 0 saturated carbocycles. The van der Waals surface area contributed by atoms with Crippen molar-refractivity contribution >= 4 is 29.2 Å². The van der Waals surface area contributed by atoms with Gasteiger partial charge in [-0.2, -0.15) is 0 Å². The van der Waals surface area contributed by atoms with Gasteiger partial charge in [-0.15, -0.1) is 11.6 Å². The van der Waals surface area contributed by atoms with E-state index in [-0.39, 0.29) is 30.0 Å². The number of imide groups is 1. The first-order chi connectivity index (χ1) is 12.0. The third-order valence-electron chi connectivity index (χ3n) is 4.16. The maximum Gasteiger partial charge on any atom is 0.261 e. The quantitative estimate of drug-likeness (QED) is 0.489. The van der Waals surface area contributed by atoms with Crippen molar-refractivity contribution in [1.29, 1.82) is 0 Å². The fraction of sp³-hybridized carbons (Fsp3) is 0.211. The molecule has 1 aliphatic heterocycles. The molecule has 0 unspecified atom stereocenters. The molecular formula is C19H17ClN2O3. The lowest BCUT2D eigenvalue weighted by Crippen LogP contribution is -2.41. The molecule has 0 fully saturated rings. The SMILES string of the molecule is N[C@@H](Cc1cccc(C(=O)CCl)c1)CN1C(=O)c2ccccc2C1=O. The molecule has 0 bridgehead atoms. The monoisotopic (exact) mass is 356 g/mol. The van der Waals surface area contributed by atoms with Gasteiger partial charge in [-0.3, -0.25) is 19.3 Å². The number of carbonyl (C=O) groups is 3. The van der Waals surface area contributed by atoms with E-state index in [1.54, 1.807) is 42.5 Å². The van der Waals surface area contributed by atoms with E-state index in [9.17, 15) is 14.4 Å². The van der Waals surface area contributed by atoms with Crippen LogP contribution < -0.4 is 5.73 Å². The van der Waals surface area contributed by atoms with E-state index in [1.165, 1.54) is 4.90 Å². The topological polar surface area (TPSA) is 80.5 Å². The second-order valence-corrected chi connectivity index (χ2v) is 6.26. The number of halogens is 1. The Morgan fingerprint density at radius 3 is 2.28 bits per heavy atom. The van der Waals surface area contributed by atoms with Gasteiger partial charge in [-0.1, -0.05) is 30.3 Å². The Morgan fingerprint density at radius 2 is 1.68 bits per heavy atom. The molecule has 1 aliphatic rings. The Hall–Kier alpha value is -2.50. The minimum Gasteiger partial charge on any atom is -0.326 e. The predicted octanol–water partition coefficient (Wildman–Crippen LogP) is 2.27. The second kappa shape index (κ2) is 7.17. The molecule has 128 valence electrons. The van der Waals surface area contributed by atoms with Crippen LogP contribution in [0.5, 0.6) is 0 Å². The lowest BCUT2D eigenvalue weighted by atomic mass is 10.0. The standard InChI is InChI=1S/C19H17ClN2O3/c20-10-17(23)13-5-3-4-12(8-13)9-14(21)11-22-18(24)15-6-1-2-7-16(15)19(22)25/h1-8,14H,9-11,21H2/t14-/m0/s1. The van der Waals surface area contributed by atoms with Crippen LogP contribution in [0.1, 0.15) is 36.6 Å². The number of alkyl halides is 1. The van der Waals surface area contributed by atoms with Crippen LogP contribution >= 0.6 is 11.6 Å². The van der Waals surface area contributed by atoms with Gasteiger partial charge in [0.2, 0.25) is 0 Å². The molecule has 2 aromatic carbocycles. The fourth-order valence-electron chi connectivity index (χ4n) is 2.96. The summed E-state index contributed by atoms with van der Waals surface area (Å²) in [6, 6.07) is 13.4. The minimum atomic E-state index is -0.427. The maximum absolute atomic E-state index is 12.4. The third-order valence-corrected chi connectivity index (χ3v) is 4.41. The summed E-state index contributed by atoms with van der Waals surface area (Å²) in [5.41, 5.74) is 8.36. The summed E-state index contributed by atoms with van der Waals surface area (Å²) >= 11 is 5.58. The van der Waals surface area contributed by atoms with Crippen LogP contribution in [0.4, 0.5) is 0 Å². The lowest BCUT2D eigenvalue weighted by molar-refractivity contribution is 0.0644. The molecule has 0 saturated heterocycles. The molecule has 0 spiro atoms. The molecule has 25 heavy (non-hydrogen) atoms. The molecule has 2 amide bonds. The summed E-state index contributed by atoms with van der Waals surface area (Å²) < 4.78 is 0. The Bertz CT molecular complexity index is 815. The van der Waals surface area contributed by atoms with Crippen LogP contribution in [-0.4, -0.2) is 41.0 Å². The number of rotatable bonds is 6. The van der Waals surface area contributed by atoms with Crippen LogP contribution in [0, 0.1) is 0 Å². The number of fused-ring (bicyclic) bond motifs is 1. The number of hydrogen-bond donors (Lipinski definition) is 1. The van der Waals surface area contributed by atoms with Crippen molar-refractivity contribution in [2.75, 3.05) is 12.4 Å². The van der Waals surface area contributed by atoms with E-state index in [0.29, 0.717) is 23.1 Å². The number of hydrogen-bond acceptors (Lipinski definition) is 4. The summed E-state index contributed by atoms with van der Waals surface area (Å²) in [7, 11) is 0. The van der Waals surface area contributed by atoms with Crippen LogP contribution in [0.3, 0.4) is 0 Å². The minimum absolute atomic E-state index is 0.0788. The third kappa shape index (κ3) is 3.48. The van der Waals surface area contributed by atoms with E-state index in [4.69, 9.17) is 17.3 Å². The summed E-state index contributed by atoms with van der Waals surface area (Å²) in [4.78, 5) is 37.6. The van der Waals surface area contributed by atoms with Crippen molar-refractivity contribution in [2.24, 2.45) is 5.73 Å². The molecule has 0 aromatic heterocycles. The molecule has 0 aliphatic carbocycles. The van der Waals surface area contributed by atoms with Crippen LogP contribution in [0.15, 0.2) is 48.5 Å². The zero-order valence-electron chi connectivity index (χ0n) is 13.4.